The number of anilines is 1. The standard InChI is InChI=1S/C11H18N4O4S/c1-4-14(5-2)20(18,19)11-7-10(15(16)17)9(13-12)6-8(11)3/h6-7,13H,4-5,12H2,1-3H3. The predicted molar refractivity (Wildman–Crippen MR) is 75.8 cm³/mol. The molecule has 0 saturated heterocycles. The second-order valence-electron chi connectivity index (χ2n) is 4.13. The van der Waals surface area contributed by atoms with E-state index in [4.69, 9.17) is 5.84 Å². The monoisotopic (exact) mass is 302 g/mol. The largest absolute Gasteiger partial charge is 0.318 e. The zero-order valence-corrected chi connectivity index (χ0v) is 12.4. The molecule has 0 radical (unpaired) electrons. The number of nitro groups is 1. The van der Waals surface area contributed by atoms with Crippen LogP contribution < -0.4 is 11.3 Å². The van der Waals surface area contributed by atoms with Crippen LogP contribution in [0.15, 0.2) is 17.0 Å². The number of benzene rings is 1. The van der Waals surface area contributed by atoms with Gasteiger partial charge in [-0.15, -0.1) is 0 Å². The quantitative estimate of drug-likeness (QED) is 0.463. The molecule has 0 amide bonds. The van der Waals surface area contributed by atoms with Gasteiger partial charge in [0.2, 0.25) is 10.0 Å². The minimum Gasteiger partial charge on any atom is -0.318 e. The third kappa shape index (κ3) is 2.89. The van der Waals surface area contributed by atoms with E-state index in [0.29, 0.717) is 18.7 Å². The fraction of sp³-hybridized carbons (Fsp3) is 0.455. The fourth-order valence-corrected chi connectivity index (χ4v) is 3.61. The number of aryl methyl sites for hydroxylation is 1. The summed E-state index contributed by atoms with van der Waals surface area (Å²) in [7, 11) is -3.75. The highest BCUT2D eigenvalue weighted by molar-refractivity contribution is 7.89. The molecule has 1 aromatic carbocycles. The molecule has 8 nitrogen and oxygen atoms in total. The molecular weight excluding hydrogens is 284 g/mol. The van der Waals surface area contributed by atoms with E-state index < -0.39 is 14.9 Å². The number of hydrogen-bond acceptors (Lipinski definition) is 6. The van der Waals surface area contributed by atoms with E-state index in [0.717, 1.165) is 6.07 Å². The fourth-order valence-electron chi connectivity index (χ4n) is 1.92. The lowest BCUT2D eigenvalue weighted by molar-refractivity contribution is -0.384. The summed E-state index contributed by atoms with van der Waals surface area (Å²) in [5.41, 5.74) is 2.31. The molecule has 0 saturated carbocycles. The van der Waals surface area contributed by atoms with Gasteiger partial charge in [-0.05, 0) is 18.6 Å². The molecule has 112 valence electrons. The van der Waals surface area contributed by atoms with E-state index in [1.54, 1.807) is 20.8 Å². The van der Waals surface area contributed by atoms with Crippen molar-refractivity contribution >= 4 is 21.4 Å². The van der Waals surface area contributed by atoms with Crippen LogP contribution in [0.5, 0.6) is 0 Å². The van der Waals surface area contributed by atoms with Crippen LogP contribution in [-0.4, -0.2) is 30.7 Å². The zero-order valence-electron chi connectivity index (χ0n) is 11.6. The molecule has 1 rings (SSSR count). The van der Waals surface area contributed by atoms with Crippen LogP contribution in [0.3, 0.4) is 0 Å². The van der Waals surface area contributed by atoms with E-state index in [-0.39, 0.29) is 16.3 Å². The molecule has 0 spiro atoms. The molecule has 3 N–H and O–H groups in total. The number of nitro benzene ring substituents is 1. The summed E-state index contributed by atoms with van der Waals surface area (Å²) in [5.74, 6) is 5.21. The average Bonchev–Trinajstić information content (AvgIpc) is 2.38. The van der Waals surface area contributed by atoms with Crippen molar-refractivity contribution in [3.05, 3.63) is 27.8 Å². The molecule has 0 aliphatic heterocycles. The molecule has 0 unspecified atom stereocenters. The molecule has 0 bridgehead atoms. The van der Waals surface area contributed by atoms with Crippen molar-refractivity contribution in [2.24, 2.45) is 5.84 Å². The first-order valence-corrected chi connectivity index (χ1v) is 7.49. The lowest BCUT2D eigenvalue weighted by atomic mass is 10.2. The first-order valence-electron chi connectivity index (χ1n) is 6.05. The maximum Gasteiger partial charge on any atom is 0.295 e. The highest BCUT2D eigenvalue weighted by Crippen LogP contribution is 2.31. The third-order valence-electron chi connectivity index (χ3n) is 2.97. The number of nitrogens with two attached hydrogens (primary N) is 1. The summed E-state index contributed by atoms with van der Waals surface area (Å²) in [6.07, 6.45) is 0. The van der Waals surface area contributed by atoms with E-state index in [9.17, 15) is 18.5 Å². The van der Waals surface area contributed by atoms with Crippen LogP contribution in [0.1, 0.15) is 19.4 Å². The van der Waals surface area contributed by atoms with Crippen molar-refractivity contribution in [1.82, 2.24) is 4.31 Å². The number of hydrazine groups is 1. The number of nitrogen functional groups attached to an aromatic ring is 1. The third-order valence-corrected chi connectivity index (χ3v) is 5.16. The van der Waals surface area contributed by atoms with Crippen molar-refractivity contribution in [3.63, 3.8) is 0 Å². The SMILES string of the molecule is CCN(CC)S(=O)(=O)c1cc([N+](=O)[O-])c(NN)cc1C. The van der Waals surface area contributed by atoms with Gasteiger partial charge in [-0.3, -0.25) is 16.0 Å². The Balaban J connectivity index is 3.54. The summed E-state index contributed by atoms with van der Waals surface area (Å²) in [5, 5.41) is 11.0. The molecule has 0 aliphatic carbocycles. The molecule has 0 aliphatic rings. The molecule has 0 fully saturated rings. The van der Waals surface area contributed by atoms with Gasteiger partial charge in [-0.25, -0.2) is 8.42 Å². The lowest BCUT2D eigenvalue weighted by Crippen LogP contribution is -2.31. The van der Waals surface area contributed by atoms with Crippen LogP contribution in [-0.2, 0) is 10.0 Å². The van der Waals surface area contributed by atoms with Gasteiger partial charge in [-0.2, -0.15) is 4.31 Å². The Morgan fingerprint density at radius 3 is 2.30 bits per heavy atom. The maximum atomic E-state index is 12.4. The smallest absolute Gasteiger partial charge is 0.295 e. The van der Waals surface area contributed by atoms with Crippen molar-refractivity contribution < 1.29 is 13.3 Å². The minimum atomic E-state index is -3.75. The highest BCUT2D eigenvalue weighted by Gasteiger charge is 2.27. The topological polar surface area (TPSA) is 119 Å². The van der Waals surface area contributed by atoms with Gasteiger partial charge in [0.05, 0.1) is 9.82 Å². The number of sulfonamides is 1. The maximum absolute atomic E-state index is 12.4. The molecule has 0 aromatic heterocycles. The van der Waals surface area contributed by atoms with Gasteiger partial charge >= 0.3 is 0 Å². The Labute approximate surface area is 117 Å². The Morgan fingerprint density at radius 2 is 1.90 bits per heavy atom. The average molecular weight is 302 g/mol. The van der Waals surface area contributed by atoms with E-state index in [2.05, 4.69) is 5.43 Å². The summed E-state index contributed by atoms with van der Waals surface area (Å²) in [6, 6.07) is 2.40. The number of nitrogens with zero attached hydrogens (tertiary/aromatic N) is 2. The summed E-state index contributed by atoms with van der Waals surface area (Å²) in [6.45, 7) is 5.58. The molecular formula is C11H18N4O4S. The summed E-state index contributed by atoms with van der Waals surface area (Å²) < 4.78 is 26.1. The van der Waals surface area contributed by atoms with Crippen molar-refractivity contribution in [1.29, 1.82) is 0 Å². The van der Waals surface area contributed by atoms with Gasteiger partial charge in [0.1, 0.15) is 5.69 Å². The van der Waals surface area contributed by atoms with Crippen LogP contribution in [0.4, 0.5) is 11.4 Å². The van der Waals surface area contributed by atoms with Crippen LogP contribution in [0.2, 0.25) is 0 Å². The van der Waals surface area contributed by atoms with Gasteiger partial charge in [0, 0.05) is 19.2 Å². The van der Waals surface area contributed by atoms with E-state index in [1.807, 2.05) is 0 Å². The number of nitrogens with one attached hydrogen (secondary N) is 1. The van der Waals surface area contributed by atoms with Gasteiger partial charge in [0.25, 0.3) is 5.69 Å². The Hall–Kier alpha value is -1.71. The molecule has 20 heavy (non-hydrogen) atoms. The Kier molecular flexibility index (Phi) is 5.03. The first-order chi connectivity index (χ1) is 9.29. The molecule has 0 heterocycles. The first kappa shape index (κ1) is 16.3. The highest BCUT2D eigenvalue weighted by atomic mass is 32.2. The molecule has 1 aromatic rings. The van der Waals surface area contributed by atoms with Gasteiger partial charge < -0.3 is 5.43 Å². The normalized spacial score (nSPS) is 11.7. The van der Waals surface area contributed by atoms with Crippen molar-refractivity contribution in [2.45, 2.75) is 25.7 Å². The number of hydrogen-bond donors (Lipinski definition) is 2. The van der Waals surface area contributed by atoms with Crippen molar-refractivity contribution in [3.8, 4) is 0 Å². The summed E-state index contributed by atoms with van der Waals surface area (Å²) in [4.78, 5) is 10.2. The van der Waals surface area contributed by atoms with Crippen LogP contribution in [0, 0.1) is 17.0 Å². The van der Waals surface area contributed by atoms with Crippen molar-refractivity contribution in [2.75, 3.05) is 18.5 Å². The number of rotatable bonds is 6. The van der Waals surface area contributed by atoms with E-state index in [1.165, 1.54) is 10.4 Å². The van der Waals surface area contributed by atoms with Gasteiger partial charge in [-0.1, -0.05) is 13.8 Å². The lowest BCUT2D eigenvalue weighted by Gasteiger charge is -2.20. The van der Waals surface area contributed by atoms with Gasteiger partial charge in [0.15, 0.2) is 0 Å². The molecule has 9 heteroatoms. The second-order valence-corrected chi connectivity index (χ2v) is 6.03. The zero-order chi connectivity index (χ0) is 15.5. The van der Waals surface area contributed by atoms with Crippen LogP contribution >= 0.6 is 0 Å². The summed E-state index contributed by atoms with van der Waals surface area (Å²) >= 11 is 0. The molecule has 0 atom stereocenters. The minimum absolute atomic E-state index is 0.0750. The predicted octanol–water partition coefficient (Wildman–Crippen LogP) is 1.22. The Bertz CT molecular complexity index is 611. The van der Waals surface area contributed by atoms with Crippen LogP contribution in [0.25, 0.3) is 0 Å². The Morgan fingerprint density at radius 1 is 1.35 bits per heavy atom. The second kappa shape index (κ2) is 6.16. The van der Waals surface area contributed by atoms with E-state index >= 15 is 0 Å².